The monoisotopic (exact) mass is 280 g/mol. The number of ether oxygens (including phenoxy) is 2. The van der Waals surface area contributed by atoms with Crippen molar-refractivity contribution < 1.29 is 19.0 Å². The maximum atomic E-state index is 13.7. The highest BCUT2D eigenvalue weighted by Gasteiger charge is 2.44. The van der Waals surface area contributed by atoms with Crippen molar-refractivity contribution in [1.29, 1.82) is 0 Å². The third-order valence-corrected chi connectivity index (χ3v) is 4.76. The molecule has 0 aromatic heterocycles. The number of hydrogen-bond donors (Lipinski definition) is 1. The number of rotatable bonds is 3. The fourth-order valence-corrected chi connectivity index (χ4v) is 3.39. The van der Waals surface area contributed by atoms with E-state index in [1.54, 1.807) is 12.1 Å². The molecule has 0 radical (unpaired) electrons. The van der Waals surface area contributed by atoms with Crippen molar-refractivity contribution in [2.75, 3.05) is 13.7 Å². The Labute approximate surface area is 118 Å². The van der Waals surface area contributed by atoms with Gasteiger partial charge >= 0.3 is 0 Å². The molecule has 2 fully saturated rings. The van der Waals surface area contributed by atoms with Gasteiger partial charge in [0.1, 0.15) is 0 Å². The van der Waals surface area contributed by atoms with Crippen LogP contribution in [0.5, 0.6) is 5.75 Å². The van der Waals surface area contributed by atoms with Crippen LogP contribution < -0.4 is 4.74 Å². The molecule has 3 rings (SSSR count). The van der Waals surface area contributed by atoms with Gasteiger partial charge in [-0.15, -0.1) is 0 Å². The zero-order chi connectivity index (χ0) is 14.2. The van der Waals surface area contributed by atoms with Gasteiger partial charge in [-0.1, -0.05) is 6.07 Å². The van der Waals surface area contributed by atoms with Gasteiger partial charge in [0.05, 0.1) is 18.8 Å². The average Bonchev–Trinajstić information content (AvgIpc) is 2.45. The van der Waals surface area contributed by atoms with E-state index in [9.17, 15) is 9.50 Å². The Hall–Kier alpha value is -1.13. The lowest BCUT2D eigenvalue weighted by Gasteiger charge is -2.48. The zero-order valence-corrected chi connectivity index (χ0v) is 11.8. The molecule has 4 heteroatoms. The minimum atomic E-state index is -0.628. The summed E-state index contributed by atoms with van der Waals surface area (Å²) in [7, 11) is 1.44. The highest BCUT2D eigenvalue weighted by Crippen LogP contribution is 2.47. The third-order valence-electron chi connectivity index (χ3n) is 4.76. The number of halogens is 1. The SMILES string of the molecule is COc1ccc(C(O)C2CCOC3(CCC3)C2)cc1F. The van der Waals surface area contributed by atoms with Crippen LogP contribution in [0.4, 0.5) is 4.39 Å². The van der Waals surface area contributed by atoms with E-state index >= 15 is 0 Å². The quantitative estimate of drug-likeness (QED) is 0.924. The van der Waals surface area contributed by atoms with E-state index in [2.05, 4.69) is 0 Å². The first-order chi connectivity index (χ1) is 9.63. The summed E-state index contributed by atoms with van der Waals surface area (Å²) in [5, 5.41) is 10.5. The van der Waals surface area contributed by atoms with Crippen LogP contribution in [0.3, 0.4) is 0 Å². The topological polar surface area (TPSA) is 38.7 Å². The van der Waals surface area contributed by atoms with Crippen molar-refractivity contribution in [1.82, 2.24) is 0 Å². The van der Waals surface area contributed by atoms with Crippen LogP contribution in [0, 0.1) is 11.7 Å². The number of benzene rings is 1. The molecular weight excluding hydrogens is 259 g/mol. The molecule has 3 nitrogen and oxygen atoms in total. The van der Waals surface area contributed by atoms with Crippen molar-refractivity contribution in [2.24, 2.45) is 5.92 Å². The van der Waals surface area contributed by atoms with Gasteiger partial charge in [0.2, 0.25) is 0 Å². The highest BCUT2D eigenvalue weighted by molar-refractivity contribution is 5.30. The van der Waals surface area contributed by atoms with Crippen LogP contribution >= 0.6 is 0 Å². The van der Waals surface area contributed by atoms with Crippen molar-refractivity contribution in [3.8, 4) is 5.75 Å². The lowest BCUT2D eigenvalue weighted by molar-refractivity contribution is -0.157. The third kappa shape index (κ3) is 2.42. The van der Waals surface area contributed by atoms with E-state index in [1.165, 1.54) is 19.6 Å². The standard InChI is InChI=1S/C16H21FO3/c1-19-14-4-3-11(9-13(14)17)15(18)12-5-8-20-16(10-12)6-2-7-16/h3-4,9,12,15,18H,2,5-8,10H2,1H3. The van der Waals surface area contributed by atoms with Crippen molar-refractivity contribution in [3.05, 3.63) is 29.6 Å². The second kappa shape index (κ2) is 5.34. The Morgan fingerprint density at radius 2 is 2.25 bits per heavy atom. The Kier molecular flexibility index (Phi) is 3.69. The van der Waals surface area contributed by atoms with Gasteiger partial charge in [-0.3, -0.25) is 0 Å². The van der Waals surface area contributed by atoms with Gasteiger partial charge in [-0.2, -0.15) is 0 Å². The predicted octanol–water partition coefficient (Wildman–Crippen LogP) is 3.22. The van der Waals surface area contributed by atoms with Crippen LogP contribution in [0.15, 0.2) is 18.2 Å². The summed E-state index contributed by atoms with van der Waals surface area (Å²) in [6.45, 7) is 0.695. The zero-order valence-electron chi connectivity index (χ0n) is 11.8. The average molecular weight is 280 g/mol. The number of hydrogen-bond acceptors (Lipinski definition) is 3. The summed E-state index contributed by atoms with van der Waals surface area (Å²) >= 11 is 0. The van der Waals surface area contributed by atoms with Crippen molar-refractivity contribution >= 4 is 0 Å². The molecule has 1 saturated carbocycles. The van der Waals surface area contributed by atoms with E-state index in [-0.39, 0.29) is 17.3 Å². The Morgan fingerprint density at radius 3 is 2.85 bits per heavy atom. The van der Waals surface area contributed by atoms with Crippen LogP contribution in [-0.4, -0.2) is 24.4 Å². The second-order valence-electron chi connectivity index (χ2n) is 5.98. The minimum absolute atomic E-state index is 0.00505. The number of methoxy groups -OCH3 is 1. The van der Waals surface area contributed by atoms with Crippen LogP contribution in [-0.2, 0) is 4.74 Å². The normalized spacial score (nSPS) is 26.1. The maximum Gasteiger partial charge on any atom is 0.165 e. The lowest BCUT2D eigenvalue weighted by atomic mass is 9.70. The number of aliphatic hydroxyl groups excluding tert-OH is 1. The van der Waals surface area contributed by atoms with Gasteiger partial charge in [0, 0.05) is 6.61 Å². The largest absolute Gasteiger partial charge is 0.494 e. The van der Waals surface area contributed by atoms with E-state index < -0.39 is 11.9 Å². The van der Waals surface area contributed by atoms with Gasteiger partial charge in [0.25, 0.3) is 0 Å². The summed E-state index contributed by atoms with van der Waals surface area (Å²) in [6, 6.07) is 4.70. The summed E-state index contributed by atoms with van der Waals surface area (Å²) in [5.41, 5.74) is 0.624. The predicted molar refractivity (Wildman–Crippen MR) is 73.2 cm³/mol. The molecule has 1 spiro atoms. The summed E-state index contributed by atoms with van der Waals surface area (Å²) in [6.07, 6.45) is 4.47. The molecule has 1 aromatic carbocycles. The Morgan fingerprint density at radius 1 is 1.45 bits per heavy atom. The second-order valence-corrected chi connectivity index (χ2v) is 5.98. The van der Waals surface area contributed by atoms with Crippen molar-refractivity contribution in [3.63, 3.8) is 0 Å². The van der Waals surface area contributed by atoms with Crippen LogP contribution in [0.1, 0.15) is 43.8 Å². The minimum Gasteiger partial charge on any atom is -0.494 e. The molecule has 2 atom stereocenters. The van der Waals surface area contributed by atoms with E-state index in [0.717, 1.165) is 25.7 Å². The molecule has 1 aromatic rings. The molecular formula is C16H21FO3. The van der Waals surface area contributed by atoms with E-state index in [0.29, 0.717) is 12.2 Å². The molecule has 0 amide bonds. The first-order valence-electron chi connectivity index (χ1n) is 7.29. The summed E-state index contributed by atoms with van der Waals surface area (Å²) in [5.74, 6) is -0.0605. The van der Waals surface area contributed by atoms with Gasteiger partial charge in [-0.25, -0.2) is 4.39 Å². The molecule has 1 N–H and O–H groups in total. The van der Waals surface area contributed by atoms with E-state index in [1.807, 2.05) is 0 Å². The first kappa shape index (κ1) is 13.8. The Bertz CT molecular complexity index is 485. The summed E-state index contributed by atoms with van der Waals surface area (Å²) in [4.78, 5) is 0. The molecule has 2 aliphatic rings. The first-order valence-corrected chi connectivity index (χ1v) is 7.29. The molecule has 1 saturated heterocycles. The van der Waals surface area contributed by atoms with Crippen LogP contribution in [0.2, 0.25) is 0 Å². The van der Waals surface area contributed by atoms with Gasteiger partial charge in [0.15, 0.2) is 11.6 Å². The Balaban J connectivity index is 1.74. The molecule has 110 valence electrons. The smallest absolute Gasteiger partial charge is 0.165 e. The molecule has 1 aliphatic carbocycles. The highest BCUT2D eigenvalue weighted by atomic mass is 19.1. The van der Waals surface area contributed by atoms with Gasteiger partial charge in [-0.05, 0) is 55.7 Å². The number of aliphatic hydroxyl groups is 1. The fourth-order valence-electron chi connectivity index (χ4n) is 3.39. The molecule has 0 bridgehead atoms. The molecule has 1 heterocycles. The molecule has 20 heavy (non-hydrogen) atoms. The lowest BCUT2D eigenvalue weighted by Crippen LogP contribution is -2.46. The van der Waals surface area contributed by atoms with Crippen LogP contribution in [0.25, 0.3) is 0 Å². The molecule has 1 aliphatic heterocycles. The fraction of sp³-hybridized carbons (Fsp3) is 0.625. The van der Waals surface area contributed by atoms with E-state index in [4.69, 9.17) is 9.47 Å². The summed E-state index contributed by atoms with van der Waals surface area (Å²) < 4.78 is 24.5. The maximum absolute atomic E-state index is 13.7. The van der Waals surface area contributed by atoms with Crippen molar-refractivity contribution in [2.45, 2.75) is 43.8 Å². The molecule has 2 unspecified atom stereocenters. The van der Waals surface area contributed by atoms with Gasteiger partial charge < -0.3 is 14.6 Å².